The van der Waals surface area contributed by atoms with E-state index < -0.39 is 0 Å². The van der Waals surface area contributed by atoms with Gasteiger partial charge in [0.15, 0.2) is 0 Å². The normalized spacial score (nSPS) is 16.0. The van der Waals surface area contributed by atoms with Crippen LogP contribution < -0.4 is 5.32 Å². The van der Waals surface area contributed by atoms with Gasteiger partial charge in [-0.1, -0.05) is 30.3 Å². The van der Waals surface area contributed by atoms with E-state index in [0.717, 1.165) is 38.2 Å². The topological polar surface area (TPSA) is 54.5 Å². The fourth-order valence-electron chi connectivity index (χ4n) is 3.77. The van der Waals surface area contributed by atoms with Crippen molar-refractivity contribution >= 4 is 11.7 Å². The van der Waals surface area contributed by atoms with E-state index in [1.54, 1.807) is 13.3 Å². The lowest BCUT2D eigenvalue weighted by molar-refractivity contribution is 0.0686. The van der Waals surface area contributed by atoms with Crippen molar-refractivity contribution in [3.63, 3.8) is 0 Å². The van der Waals surface area contributed by atoms with Crippen LogP contribution >= 0.6 is 0 Å². The molecule has 28 heavy (non-hydrogen) atoms. The van der Waals surface area contributed by atoms with Gasteiger partial charge in [-0.3, -0.25) is 4.79 Å². The number of hydrogen-bond donors (Lipinski definition) is 1. The van der Waals surface area contributed by atoms with E-state index in [0.29, 0.717) is 18.1 Å². The largest absolute Gasteiger partial charge is 0.383 e. The number of nitrogens with one attached hydrogen (secondary N) is 1. The number of rotatable bonds is 8. The van der Waals surface area contributed by atoms with Crippen molar-refractivity contribution in [1.82, 2.24) is 9.88 Å². The molecule has 1 atom stereocenters. The number of hydrogen-bond acceptors (Lipinski definition) is 4. The Morgan fingerprint density at radius 1 is 1.21 bits per heavy atom. The summed E-state index contributed by atoms with van der Waals surface area (Å²) < 4.78 is 5.12. The number of aromatic nitrogens is 1. The maximum atomic E-state index is 12.8. The molecule has 1 aromatic heterocycles. The third kappa shape index (κ3) is 5.80. The van der Waals surface area contributed by atoms with Crippen molar-refractivity contribution in [2.24, 2.45) is 5.92 Å². The van der Waals surface area contributed by atoms with Crippen molar-refractivity contribution < 1.29 is 9.53 Å². The number of anilines is 1. The zero-order valence-corrected chi connectivity index (χ0v) is 16.9. The number of carbonyl (C=O) groups excluding carboxylic acids is 1. The van der Waals surface area contributed by atoms with Crippen molar-refractivity contribution in [1.29, 1.82) is 0 Å². The van der Waals surface area contributed by atoms with Gasteiger partial charge < -0.3 is 15.0 Å². The van der Waals surface area contributed by atoms with E-state index in [1.807, 2.05) is 24.0 Å². The lowest BCUT2D eigenvalue weighted by Crippen LogP contribution is -2.38. The second kappa shape index (κ2) is 10.2. The minimum atomic E-state index is 0.0884. The summed E-state index contributed by atoms with van der Waals surface area (Å²) in [5.41, 5.74) is 2.06. The molecule has 0 aliphatic carbocycles. The van der Waals surface area contributed by atoms with Gasteiger partial charge in [-0.15, -0.1) is 0 Å². The van der Waals surface area contributed by atoms with Crippen LogP contribution in [0.4, 0.5) is 5.82 Å². The highest BCUT2D eigenvalue weighted by Crippen LogP contribution is 2.23. The van der Waals surface area contributed by atoms with Crippen molar-refractivity contribution in [2.45, 2.75) is 38.6 Å². The molecule has 0 spiro atoms. The number of benzene rings is 1. The molecular weight excluding hydrogens is 350 g/mol. The van der Waals surface area contributed by atoms with Gasteiger partial charge in [0.1, 0.15) is 5.82 Å². The zero-order chi connectivity index (χ0) is 19.8. The van der Waals surface area contributed by atoms with Crippen LogP contribution in [0.1, 0.15) is 42.1 Å². The molecule has 2 heterocycles. The first-order chi connectivity index (χ1) is 13.7. The van der Waals surface area contributed by atoms with Gasteiger partial charge in [-0.2, -0.15) is 0 Å². The first-order valence-corrected chi connectivity index (χ1v) is 10.2. The van der Waals surface area contributed by atoms with Crippen LogP contribution in [0.15, 0.2) is 48.7 Å². The summed E-state index contributed by atoms with van der Waals surface area (Å²) in [6.07, 6.45) is 6.17. The van der Waals surface area contributed by atoms with E-state index in [-0.39, 0.29) is 11.9 Å². The number of piperidine rings is 1. The standard InChI is InChI=1S/C23H31N3O2/c1-18(17-28-2)25-22-11-10-21(16-24-22)23(27)26-14-12-20(13-15-26)9-8-19-6-4-3-5-7-19/h3-7,10-11,16,18,20H,8-9,12-15,17H2,1-2H3,(H,24,25)/t18-/m1/s1. The molecule has 1 aliphatic heterocycles. The van der Waals surface area contributed by atoms with Gasteiger partial charge in [0.2, 0.25) is 0 Å². The number of ether oxygens (including phenoxy) is 1. The van der Waals surface area contributed by atoms with Crippen LogP contribution in [0.5, 0.6) is 0 Å². The fraction of sp³-hybridized carbons (Fsp3) is 0.478. The number of nitrogens with zero attached hydrogens (tertiary/aromatic N) is 2. The number of methoxy groups -OCH3 is 1. The Labute approximate surface area is 168 Å². The minimum absolute atomic E-state index is 0.0884. The fourth-order valence-corrected chi connectivity index (χ4v) is 3.77. The van der Waals surface area contributed by atoms with Gasteiger partial charge in [0, 0.05) is 32.4 Å². The second-order valence-corrected chi connectivity index (χ2v) is 7.69. The van der Waals surface area contributed by atoms with Gasteiger partial charge in [0.25, 0.3) is 5.91 Å². The lowest BCUT2D eigenvalue weighted by atomic mass is 9.90. The van der Waals surface area contributed by atoms with Gasteiger partial charge in [-0.25, -0.2) is 4.98 Å². The average molecular weight is 382 g/mol. The summed E-state index contributed by atoms with van der Waals surface area (Å²) in [7, 11) is 1.68. The molecule has 150 valence electrons. The third-order valence-electron chi connectivity index (χ3n) is 5.41. The molecule has 2 aromatic rings. The number of carbonyl (C=O) groups is 1. The molecule has 1 aliphatic rings. The van der Waals surface area contributed by atoms with E-state index in [9.17, 15) is 4.79 Å². The summed E-state index contributed by atoms with van der Waals surface area (Å²) in [6.45, 7) is 4.32. The highest BCUT2D eigenvalue weighted by molar-refractivity contribution is 5.94. The van der Waals surface area contributed by atoms with Crippen LogP contribution in [-0.4, -0.2) is 48.6 Å². The van der Waals surface area contributed by atoms with E-state index in [2.05, 4.69) is 40.6 Å². The van der Waals surface area contributed by atoms with Crippen molar-refractivity contribution in [3.05, 3.63) is 59.8 Å². The number of pyridine rings is 1. The van der Waals surface area contributed by atoms with Gasteiger partial charge >= 0.3 is 0 Å². The van der Waals surface area contributed by atoms with Gasteiger partial charge in [-0.05, 0) is 56.2 Å². The lowest BCUT2D eigenvalue weighted by Gasteiger charge is -2.32. The molecule has 0 unspecified atom stereocenters. The summed E-state index contributed by atoms with van der Waals surface area (Å²) in [6, 6.07) is 14.6. The van der Waals surface area contributed by atoms with Crippen LogP contribution in [0.3, 0.4) is 0 Å². The van der Waals surface area contributed by atoms with E-state index in [1.165, 1.54) is 12.0 Å². The SMILES string of the molecule is COC[C@@H](C)Nc1ccc(C(=O)N2CCC(CCc3ccccc3)CC2)cn1. The first-order valence-electron chi connectivity index (χ1n) is 10.2. The van der Waals surface area contributed by atoms with Gasteiger partial charge in [0.05, 0.1) is 12.2 Å². The molecule has 3 rings (SSSR count). The quantitative estimate of drug-likeness (QED) is 0.751. The minimum Gasteiger partial charge on any atom is -0.383 e. The molecule has 1 N–H and O–H groups in total. The Kier molecular flexibility index (Phi) is 7.43. The van der Waals surface area contributed by atoms with Crippen LogP contribution in [0, 0.1) is 5.92 Å². The predicted octanol–water partition coefficient (Wildman–Crippen LogP) is 4.01. The average Bonchev–Trinajstić information content (AvgIpc) is 2.73. The highest BCUT2D eigenvalue weighted by atomic mass is 16.5. The number of amides is 1. The Morgan fingerprint density at radius 2 is 1.96 bits per heavy atom. The third-order valence-corrected chi connectivity index (χ3v) is 5.41. The summed E-state index contributed by atoms with van der Waals surface area (Å²) in [4.78, 5) is 19.1. The Hall–Kier alpha value is -2.40. The molecule has 5 heteroatoms. The molecule has 1 saturated heterocycles. The van der Waals surface area contributed by atoms with Crippen molar-refractivity contribution in [2.75, 3.05) is 32.1 Å². The highest BCUT2D eigenvalue weighted by Gasteiger charge is 2.23. The molecule has 0 radical (unpaired) electrons. The van der Waals surface area contributed by atoms with Crippen molar-refractivity contribution in [3.8, 4) is 0 Å². The Morgan fingerprint density at radius 3 is 2.61 bits per heavy atom. The van der Waals surface area contributed by atoms with Crippen LogP contribution in [0.25, 0.3) is 0 Å². The maximum absolute atomic E-state index is 12.8. The molecule has 5 nitrogen and oxygen atoms in total. The van der Waals surface area contributed by atoms with E-state index in [4.69, 9.17) is 4.74 Å². The smallest absolute Gasteiger partial charge is 0.255 e. The first kappa shape index (κ1) is 20.3. The molecule has 0 bridgehead atoms. The predicted molar refractivity (Wildman–Crippen MR) is 113 cm³/mol. The molecule has 1 amide bonds. The molecule has 0 saturated carbocycles. The molecule has 1 fully saturated rings. The zero-order valence-electron chi connectivity index (χ0n) is 16.9. The van der Waals surface area contributed by atoms with Crippen LogP contribution in [0.2, 0.25) is 0 Å². The molecular formula is C23H31N3O2. The summed E-state index contributed by atoms with van der Waals surface area (Å²) in [5.74, 6) is 1.56. The van der Waals surface area contributed by atoms with E-state index >= 15 is 0 Å². The Balaban J connectivity index is 1.45. The maximum Gasteiger partial charge on any atom is 0.255 e. The monoisotopic (exact) mass is 381 g/mol. The number of aryl methyl sites for hydroxylation is 1. The number of likely N-dealkylation sites (tertiary alicyclic amines) is 1. The summed E-state index contributed by atoms with van der Waals surface area (Å²) in [5, 5.41) is 3.26. The Bertz CT molecular complexity index is 725. The second-order valence-electron chi connectivity index (χ2n) is 7.69. The summed E-state index contributed by atoms with van der Waals surface area (Å²) >= 11 is 0. The van der Waals surface area contributed by atoms with Crippen LogP contribution in [-0.2, 0) is 11.2 Å². The molecule has 1 aromatic carbocycles.